The Hall–Kier alpha value is -1.57. The third-order valence-electron chi connectivity index (χ3n) is 5.58. The first-order valence-corrected chi connectivity index (χ1v) is 7.80. The number of hydrogen-bond donors (Lipinski definition) is 0. The van der Waals surface area contributed by atoms with E-state index in [0.29, 0.717) is 12.2 Å². The lowest BCUT2D eigenvalue weighted by Gasteiger charge is -2.49. The van der Waals surface area contributed by atoms with Crippen molar-refractivity contribution in [3.63, 3.8) is 0 Å². The fraction of sp³-hybridized carbons (Fsp3) is 0.526. The van der Waals surface area contributed by atoms with Crippen molar-refractivity contribution < 1.29 is 9.53 Å². The lowest BCUT2D eigenvalue weighted by Crippen LogP contribution is -2.48. The molecule has 0 aromatic heterocycles. The summed E-state index contributed by atoms with van der Waals surface area (Å²) >= 11 is 0. The molecule has 1 unspecified atom stereocenters. The highest BCUT2D eigenvalue weighted by Gasteiger charge is 2.51. The topological polar surface area (TPSA) is 26.3 Å². The monoisotopic (exact) mass is 284 g/mol. The van der Waals surface area contributed by atoms with E-state index in [4.69, 9.17) is 4.74 Å². The van der Waals surface area contributed by atoms with Gasteiger partial charge in [0.15, 0.2) is 0 Å². The summed E-state index contributed by atoms with van der Waals surface area (Å²) in [4.78, 5) is 12.7. The van der Waals surface area contributed by atoms with E-state index in [0.717, 1.165) is 30.6 Å². The maximum atomic E-state index is 12.7. The van der Waals surface area contributed by atoms with Crippen LogP contribution in [0.3, 0.4) is 0 Å². The van der Waals surface area contributed by atoms with E-state index in [9.17, 15) is 4.79 Å². The second-order valence-corrected chi connectivity index (χ2v) is 7.16. The largest absolute Gasteiger partial charge is 0.496 e. The van der Waals surface area contributed by atoms with E-state index in [1.54, 1.807) is 7.11 Å². The van der Waals surface area contributed by atoms with Gasteiger partial charge in [0.1, 0.15) is 11.5 Å². The van der Waals surface area contributed by atoms with E-state index < -0.39 is 0 Å². The number of methoxy groups -OCH3 is 1. The molecule has 0 aliphatic heterocycles. The predicted molar refractivity (Wildman–Crippen MR) is 85.5 cm³/mol. The van der Waals surface area contributed by atoms with E-state index in [2.05, 4.69) is 45.1 Å². The Morgan fingerprint density at radius 2 is 2.00 bits per heavy atom. The number of aryl methyl sites for hydroxylation is 1. The minimum absolute atomic E-state index is 0.0225. The maximum absolute atomic E-state index is 12.7. The Morgan fingerprint density at radius 3 is 2.67 bits per heavy atom. The molecule has 1 aromatic carbocycles. The number of hydrogen-bond acceptors (Lipinski definition) is 2. The summed E-state index contributed by atoms with van der Waals surface area (Å²) in [5, 5.41) is 0. The molecule has 1 spiro atoms. The highest BCUT2D eigenvalue weighted by atomic mass is 16.5. The quantitative estimate of drug-likeness (QED) is 0.767. The molecule has 2 heteroatoms. The number of rotatable bonds is 1. The van der Waals surface area contributed by atoms with Crippen LogP contribution in [0.1, 0.15) is 49.8 Å². The van der Waals surface area contributed by atoms with E-state index in [1.165, 1.54) is 11.1 Å². The predicted octanol–water partition coefficient (Wildman–Crippen LogP) is 4.34. The third-order valence-corrected chi connectivity index (χ3v) is 5.58. The number of carbonyl (C=O) groups excluding carboxylic acids is 1. The van der Waals surface area contributed by atoms with Crippen LogP contribution in [0.25, 0.3) is 6.08 Å². The van der Waals surface area contributed by atoms with Gasteiger partial charge in [0.25, 0.3) is 0 Å². The number of benzene rings is 1. The van der Waals surface area contributed by atoms with Gasteiger partial charge in [-0.2, -0.15) is 0 Å². The molecule has 1 saturated carbocycles. The molecule has 0 N–H and O–H groups in total. The van der Waals surface area contributed by atoms with Crippen molar-refractivity contribution in [2.24, 2.45) is 10.8 Å². The van der Waals surface area contributed by atoms with Crippen molar-refractivity contribution >= 4 is 11.9 Å². The molecule has 0 amide bonds. The fourth-order valence-electron chi connectivity index (χ4n) is 4.04. The van der Waals surface area contributed by atoms with Gasteiger partial charge < -0.3 is 4.74 Å². The molecule has 0 bridgehead atoms. The zero-order valence-corrected chi connectivity index (χ0v) is 13.5. The molecule has 2 aliphatic carbocycles. The van der Waals surface area contributed by atoms with Crippen molar-refractivity contribution in [2.45, 2.75) is 46.5 Å². The first-order chi connectivity index (χ1) is 9.89. The summed E-state index contributed by atoms with van der Waals surface area (Å²) < 4.78 is 5.46. The maximum Gasteiger partial charge on any atom is 0.143 e. The van der Waals surface area contributed by atoms with Gasteiger partial charge in [0, 0.05) is 6.42 Å². The Balaban J connectivity index is 2.10. The van der Waals surface area contributed by atoms with E-state index in [-0.39, 0.29) is 10.8 Å². The molecule has 112 valence electrons. The molecule has 2 nitrogen and oxygen atoms in total. The van der Waals surface area contributed by atoms with Crippen LogP contribution < -0.4 is 4.74 Å². The van der Waals surface area contributed by atoms with Crippen LogP contribution in [-0.2, 0) is 11.2 Å². The van der Waals surface area contributed by atoms with Gasteiger partial charge in [0.2, 0.25) is 0 Å². The number of allylic oxidation sites excluding steroid dienone is 1. The van der Waals surface area contributed by atoms with Gasteiger partial charge in [-0.15, -0.1) is 0 Å². The number of Topliss-reactive ketones (excluding diaryl/α,β-unsaturated/α-hetero) is 1. The van der Waals surface area contributed by atoms with Crippen LogP contribution in [0.15, 0.2) is 18.2 Å². The summed E-state index contributed by atoms with van der Waals surface area (Å²) in [6, 6.07) is 4.28. The summed E-state index contributed by atoms with van der Waals surface area (Å²) in [5.74, 6) is 1.32. The summed E-state index contributed by atoms with van der Waals surface area (Å²) in [6.45, 7) is 6.54. The molecule has 0 saturated heterocycles. The Morgan fingerprint density at radius 1 is 1.24 bits per heavy atom. The van der Waals surface area contributed by atoms with E-state index >= 15 is 0 Å². The van der Waals surface area contributed by atoms with Crippen molar-refractivity contribution in [2.75, 3.05) is 7.11 Å². The molecule has 2 aliphatic rings. The van der Waals surface area contributed by atoms with Crippen LogP contribution in [0.2, 0.25) is 0 Å². The number of carbonyl (C=O) groups is 1. The number of ether oxygens (including phenoxy) is 1. The minimum atomic E-state index is -0.335. The van der Waals surface area contributed by atoms with Crippen LogP contribution in [0.4, 0.5) is 0 Å². The second kappa shape index (κ2) is 4.72. The van der Waals surface area contributed by atoms with Gasteiger partial charge in [-0.25, -0.2) is 0 Å². The lowest BCUT2D eigenvalue weighted by atomic mass is 9.53. The molecule has 1 atom stereocenters. The first-order valence-electron chi connectivity index (χ1n) is 7.80. The minimum Gasteiger partial charge on any atom is -0.496 e. The fourth-order valence-corrected chi connectivity index (χ4v) is 4.04. The molecule has 0 heterocycles. The third kappa shape index (κ3) is 2.04. The van der Waals surface area contributed by atoms with E-state index in [1.807, 2.05) is 0 Å². The lowest BCUT2D eigenvalue weighted by molar-refractivity contribution is -0.135. The summed E-state index contributed by atoms with van der Waals surface area (Å²) in [7, 11) is 1.71. The van der Waals surface area contributed by atoms with Gasteiger partial charge in [-0.05, 0) is 60.4 Å². The van der Waals surface area contributed by atoms with Crippen LogP contribution in [-0.4, -0.2) is 12.9 Å². The van der Waals surface area contributed by atoms with Crippen LogP contribution in [0.5, 0.6) is 5.75 Å². The van der Waals surface area contributed by atoms with Crippen LogP contribution in [0, 0.1) is 17.8 Å². The molecule has 1 fully saturated rings. The Labute approximate surface area is 127 Å². The first kappa shape index (κ1) is 14.4. The van der Waals surface area contributed by atoms with Crippen LogP contribution >= 0.6 is 0 Å². The molecule has 1 aromatic rings. The zero-order chi connectivity index (χ0) is 15.3. The second-order valence-electron chi connectivity index (χ2n) is 7.16. The normalized spacial score (nSPS) is 26.8. The summed E-state index contributed by atoms with van der Waals surface area (Å²) in [6.07, 6.45) is 7.99. The van der Waals surface area contributed by atoms with Crippen molar-refractivity contribution in [3.05, 3.63) is 34.9 Å². The average molecular weight is 284 g/mol. The standard InChI is InChI=1S/C19H24O2/c1-13-10-14-7-9-19(12-15(14)11-16(13)21-4)17(20)6-5-8-18(19,2)3/h7,9-11H,5-6,8,12H2,1-4H3. The smallest absolute Gasteiger partial charge is 0.143 e. The van der Waals surface area contributed by atoms with Crippen molar-refractivity contribution in [1.29, 1.82) is 0 Å². The number of ketones is 1. The highest BCUT2D eigenvalue weighted by Crippen LogP contribution is 2.53. The Bertz CT molecular complexity index is 625. The Kier molecular flexibility index (Phi) is 3.23. The zero-order valence-electron chi connectivity index (χ0n) is 13.5. The van der Waals surface area contributed by atoms with Gasteiger partial charge in [-0.3, -0.25) is 4.79 Å². The van der Waals surface area contributed by atoms with Crippen molar-refractivity contribution in [3.8, 4) is 5.75 Å². The SMILES string of the molecule is COc1cc2c(cc1C)C=CC1(C2)C(=O)CCCC1(C)C. The highest BCUT2D eigenvalue weighted by molar-refractivity contribution is 5.91. The molecular weight excluding hydrogens is 260 g/mol. The number of fused-ring (bicyclic) bond motifs is 1. The van der Waals surface area contributed by atoms with Gasteiger partial charge >= 0.3 is 0 Å². The molecule has 21 heavy (non-hydrogen) atoms. The van der Waals surface area contributed by atoms with Gasteiger partial charge in [0.05, 0.1) is 12.5 Å². The van der Waals surface area contributed by atoms with Gasteiger partial charge in [-0.1, -0.05) is 26.0 Å². The molecule has 3 rings (SSSR count). The summed E-state index contributed by atoms with van der Waals surface area (Å²) in [5.41, 5.74) is 3.30. The molecule has 0 radical (unpaired) electrons. The molecular formula is C19H24O2. The average Bonchev–Trinajstić information content (AvgIpc) is 2.44. The van der Waals surface area contributed by atoms with Crippen molar-refractivity contribution in [1.82, 2.24) is 0 Å².